The van der Waals surface area contributed by atoms with Crippen molar-refractivity contribution < 1.29 is 4.74 Å². The van der Waals surface area contributed by atoms with Crippen molar-refractivity contribution in [3.8, 4) is 5.75 Å². The van der Waals surface area contributed by atoms with Gasteiger partial charge < -0.3 is 14.2 Å². The average molecular weight is 340 g/mol. The van der Waals surface area contributed by atoms with E-state index in [0.29, 0.717) is 28.2 Å². The van der Waals surface area contributed by atoms with Crippen LogP contribution in [0.25, 0.3) is 0 Å². The third-order valence-electron chi connectivity index (χ3n) is 3.64. The molecule has 1 saturated heterocycles. The summed E-state index contributed by atoms with van der Waals surface area (Å²) in [6.45, 7) is 1.35. The highest BCUT2D eigenvalue weighted by atomic mass is 35.5. The van der Waals surface area contributed by atoms with Crippen LogP contribution in [0.4, 0.5) is 5.82 Å². The maximum absolute atomic E-state index is 12.1. The van der Waals surface area contributed by atoms with Crippen LogP contribution in [-0.2, 0) is 7.05 Å². The minimum atomic E-state index is -0.0994. The fourth-order valence-corrected chi connectivity index (χ4v) is 2.75. The Morgan fingerprint density at radius 3 is 2.91 bits per heavy atom. The summed E-state index contributed by atoms with van der Waals surface area (Å²) in [5, 5.41) is 0.965. The normalized spacial score (nSPS) is 17.8. The molecular formula is C15H15Cl2N3O2. The molecule has 0 bridgehead atoms. The van der Waals surface area contributed by atoms with Crippen molar-refractivity contribution in [3.63, 3.8) is 0 Å². The third kappa shape index (κ3) is 3.05. The summed E-state index contributed by atoms with van der Waals surface area (Å²) in [5.74, 6) is 1.14. The van der Waals surface area contributed by atoms with Crippen LogP contribution in [0.15, 0.2) is 35.4 Å². The van der Waals surface area contributed by atoms with E-state index in [2.05, 4.69) is 4.98 Å². The molecule has 0 amide bonds. The average Bonchev–Trinajstić information content (AvgIpc) is 2.94. The number of hydrogen-bond acceptors (Lipinski definition) is 4. The molecule has 1 unspecified atom stereocenters. The summed E-state index contributed by atoms with van der Waals surface area (Å²) in [7, 11) is 1.72. The van der Waals surface area contributed by atoms with E-state index in [0.717, 1.165) is 13.0 Å². The quantitative estimate of drug-likeness (QED) is 0.862. The standard InChI is InChI=1S/C15H15Cl2N3O2/c1-19-7-5-18-14(15(19)21)20-6-4-11(9-20)22-10-2-3-12(16)13(17)8-10/h2-3,5,7-8,11H,4,6,9H2,1H3. The number of rotatable bonds is 3. The van der Waals surface area contributed by atoms with E-state index >= 15 is 0 Å². The Labute approximate surface area is 138 Å². The molecule has 5 nitrogen and oxygen atoms in total. The monoisotopic (exact) mass is 339 g/mol. The Morgan fingerprint density at radius 1 is 1.32 bits per heavy atom. The minimum absolute atomic E-state index is 0.0102. The van der Waals surface area contributed by atoms with Crippen LogP contribution in [0.2, 0.25) is 10.0 Å². The third-order valence-corrected chi connectivity index (χ3v) is 4.38. The maximum Gasteiger partial charge on any atom is 0.293 e. The van der Waals surface area contributed by atoms with Gasteiger partial charge in [0.2, 0.25) is 0 Å². The number of hydrogen-bond donors (Lipinski definition) is 0. The van der Waals surface area contributed by atoms with Gasteiger partial charge in [0.15, 0.2) is 5.82 Å². The van der Waals surface area contributed by atoms with E-state index in [1.165, 1.54) is 4.57 Å². The topological polar surface area (TPSA) is 47.4 Å². The molecule has 3 rings (SSSR count). The molecule has 1 aromatic carbocycles. The molecule has 7 heteroatoms. The summed E-state index contributed by atoms with van der Waals surface area (Å²) >= 11 is 11.9. The van der Waals surface area contributed by atoms with Crippen LogP contribution in [-0.4, -0.2) is 28.7 Å². The highest BCUT2D eigenvalue weighted by molar-refractivity contribution is 6.42. The zero-order valence-corrected chi connectivity index (χ0v) is 13.5. The van der Waals surface area contributed by atoms with E-state index in [1.807, 2.05) is 4.90 Å². The molecular weight excluding hydrogens is 325 g/mol. The summed E-state index contributed by atoms with van der Waals surface area (Å²) in [4.78, 5) is 18.2. The van der Waals surface area contributed by atoms with Crippen molar-refractivity contribution in [2.45, 2.75) is 12.5 Å². The largest absolute Gasteiger partial charge is 0.488 e. The molecule has 1 aromatic heterocycles. The molecule has 2 heterocycles. The highest BCUT2D eigenvalue weighted by Gasteiger charge is 2.27. The number of aryl methyl sites for hydroxylation is 1. The molecule has 0 saturated carbocycles. The van der Waals surface area contributed by atoms with Gasteiger partial charge in [0.1, 0.15) is 11.9 Å². The number of aromatic nitrogens is 2. The summed E-state index contributed by atoms with van der Waals surface area (Å²) in [6, 6.07) is 5.20. The highest BCUT2D eigenvalue weighted by Crippen LogP contribution is 2.28. The zero-order valence-electron chi connectivity index (χ0n) is 12.0. The Hall–Kier alpha value is -1.72. The lowest BCUT2D eigenvalue weighted by Crippen LogP contribution is -2.32. The van der Waals surface area contributed by atoms with Gasteiger partial charge in [-0.25, -0.2) is 4.98 Å². The lowest BCUT2D eigenvalue weighted by atomic mass is 10.3. The first-order valence-electron chi connectivity index (χ1n) is 6.93. The second-order valence-corrected chi connectivity index (χ2v) is 6.03. The van der Waals surface area contributed by atoms with Crippen molar-refractivity contribution in [2.75, 3.05) is 18.0 Å². The van der Waals surface area contributed by atoms with Crippen molar-refractivity contribution >= 4 is 29.0 Å². The summed E-state index contributed by atoms with van der Waals surface area (Å²) in [5.41, 5.74) is -0.0994. The second kappa shape index (κ2) is 6.18. The number of anilines is 1. The van der Waals surface area contributed by atoms with Gasteiger partial charge in [-0.15, -0.1) is 0 Å². The first-order valence-corrected chi connectivity index (χ1v) is 7.68. The lowest BCUT2D eigenvalue weighted by molar-refractivity contribution is 0.225. The number of halogens is 2. The van der Waals surface area contributed by atoms with Gasteiger partial charge in [0.25, 0.3) is 5.56 Å². The Morgan fingerprint density at radius 2 is 2.14 bits per heavy atom. The Balaban J connectivity index is 1.71. The number of nitrogens with zero attached hydrogens (tertiary/aromatic N) is 3. The van der Waals surface area contributed by atoms with Gasteiger partial charge in [0.05, 0.1) is 16.6 Å². The summed E-state index contributed by atoms with van der Waals surface area (Å²) in [6.07, 6.45) is 4.08. The fourth-order valence-electron chi connectivity index (χ4n) is 2.46. The van der Waals surface area contributed by atoms with Crippen LogP contribution in [0, 0.1) is 0 Å². The molecule has 1 atom stereocenters. The minimum Gasteiger partial charge on any atom is -0.488 e. The van der Waals surface area contributed by atoms with Crippen molar-refractivity contribution in [1.82, 2.24) is 9.55 Å². The molecule has 0 radical (unpaired) electrons. The predicted octanol–water partition coefficient (Wildman–Crippen LogP) is 2.74. The molecule has 1 aliphatic heterocycles. The molecule has 22 heavy (non-hydrogen) atoms. The van der Waals surface area contributed by atoms with Gasteiger partial charge >= 0.3 is 0 Å². The van der Waals surface area contributed by atoms with E-state index in [9.17, 15) is 4.79 Å². The molecule has 116 valence electrons. The first-order chi connectivity index (χ1) is 10.5. The van der Waals surface area contributed by atoms with Gasteiger partial charge in [-0.1, -0.05) is 23.2 Å². The number of ether oxygens (including phenoxy) is 1. The van der Waals surface area contributed by atoms with Gasteiger partial charge in [-0.3, -0.25) is 4.79 Å². The van der Waals surface area contributed by atoms with Crippen molar-refractivity contribution in [1.29, 1.82) is 0 Å². The zero-order chi connectivity index (χ0) is 15.7. The van der Waals surface area contributed by atoms with E-state index in [1.54, 1.807) is 37.6 Å². The Bertz CT molecular complexity index is 748. The van der Waals surface area contributed by atoms with Crippen LogP contribution < -0.4 is 15.2 Å². The van der Waals surface area contributed by atoms with Crippen LogP contribution in [0.1, 0.15) is 6.42 Å². The first kappa shape index (κ1) is 15.2. The van der Waals surface area contributed by atoms with Crippen LogP contribution in [0.3, 0.4) is 0 Å². The molecule has 0 spiro atoms. The molecule has 1 aliphatic rings. The molecule has 0 N–H and O–H groups in total. The fraction of sp³-hybridized carbons (Fsp3) is 0.333. The molecule has 2 aromatic rings. The van der Waals surface area contributed by atoms with Crippen molar-refractivity contribution in [2.24, 2.45) is 7.05 Å². The van der Waals surface area contributed by atoms with Gasteiger partial charge in [-0.05, 0) is 12.1 Å². The lowest BCUT2D eigenvalue weighted by Gasteiger charge is -2.18. The van der Waals surface area contributed by atoms with Gasteiger partial charge in [-0.2, -0.15) is 0 Å². The van der Waals surface area contributed by atoms with E-state index < -0.39 is 0 Å². The Kier molecular flexibility index (Phi) is 4.27. The molecule has 1 fully saturated rings. The predicted molar refractivity (Wildman–Crippen MR) is 87.2 cm³/mol. The summed E-state index contributed by atoms with van der Waals surface area (Å²) < 4.78 is 7.43. The van der Waals surface area contributed by atoms with Gasteiger partial charge in [0, 0.05) is 38.5 Å². The smallest absolute Gasteiger partial charge is 0.293 e. The molecule has 0 aliphatic carbocycles. The maximum atomic E-state index is 12.1. The van der Waals surface area contributed by atoms with Crippen molar-refractivity contribution in [3.05, 3.63) is 51.0 Å². The van der Waals surface area contributed by atoms with E-state index in [-0.39, 0.29) is 11.7 Å². The van der Waals surface area contributed by atoms with Crippen LogP contribution in [0.5, 0.6) is 5.75 Å². The SMILES string of the molecule is Cn1ccnc(N2CCC(Oc3ccc(Cl)c(Cl)c3)C2)c1=O. The number of benzene rings is 1. The second-order valence-electron chi connectivity index (χ2n) is 5.22. The van der Waals surface area contributed by atoms with Crippen LogP contribution >= 0.6 is 23.2 Å². The van der Waals surface area contributed by atoms with E-state index in [4.69, 9.17) is 27.9 Å².